The fourth-order valence-electron chi connectivity index (χ4n) is 3.85. The molecule has 30 heavy (non-hydrogen) atoms. The average Bonchev–Trinajstić information content (AvgIpc) is 2.78. The molecule has 0 bridgehead atoms. The minimum absolute atomic E-state index is 0.0925. The van der Waals surface area contributed by atoms with Crippen LogP contribution in [0.5, 0.6) is 5.75 Å². The normalized spacial score (nSPS) is 21.6. The molecular formula is C23H24F6O. The molecule has 1 nitrogen and oxygen atoms in total. The first-order valence-corrected chi connectivity index (χ1v) is 9.88. The highest BCUT2D eigenvalue weighted by Gasteiger charge is 2.34. The van der Waals surface area contributed by atoms with Gasteiger partial charge in [0.2, 0.25) is 5.75 Å². The lowest BCUT2D eigenvalue weighted by atomic mass is 9.78. The lowest BCUT2D eigenvalue weighted by Gasteiger charge is -2.27. The first-order chi connectivity index (χ1) is 15.9. The highest BCUT2D eigenvalue weighted by Crippen LogP contribution is 2.35. The third-order valence-electron chi connectivity index (χ3n) is 5.59. The number of halogens is 6. The molecule has 3 rings (SSSR count). The van der Waals surface area contributed by atoms with E-state index in [9.17, 15) is 22.0 Å². The molecule has 0 radical (unpaired) electrons. The van der Waals surface area contributed by atoms with Gasteiger partial charge >= 0.3 is 6.36 Å². The summed E-state index contributed by atoms with van der Waals surface area (Å²) >= 11 is 0. The summed E-state index contributed by atoms with van der Waals surface area (Å²) in [5.41, 5.74) is -1.67. The third kappa shape index (κ3) is 5.70. The number of hydrogen-bond donors (Lipinski definition) is 0. The Hall–Kier alpha value is -2.18. The van der Waals surface area contributed by atoms with Gasteiger partial charge in [0.15, 0.2) is 11.6 Å². The number of rotatable bonds is 6. The van der Waals surface area contributed by atoms with Gasteiger partial charge in [0.25, 0.3) is 0 Å². The average molecular weight is 434 g/mol. The summed E-state index contributed by atoms with van der Waals surface area (Å²) in [6, 6.07) is -2.95. The molecule has 0 heterocycles. The van der Waals surface area contributed by atoms with E-state index < -0.39 is 58.8 Å². The quantitative estimate of drug-likeness (QED) is 0.421. The molecule has 1 aliphatic rings. The van der Waals surface area contributed by atoms with Crippen LogP contribution in [-0.2, 0) is 6.42 Å². The van der Waals surface area contributed by atoms with Gasteiger partial charge in [-0.3, -0.25) is 0 Å². The molecular weight excluding hydrogens is 406 g/mol. The van der Waals surface area contributed by atoms with Crippen LogP contribution in [0.2, 0.25) is 0 Å². The Morgan fingerprint density at radius 2 is 1.57 bits per heavy atom. The van der Waals surface area contributed by atoms with Crippen LogP contribution >= 0.6 is 0 Å². The summed E-state index contributed by atoms with van der Waals surface area (Å²) in [6.07, 6.45) is 0.746. The van der Waals surface area contributed by atoms with E-state index in [4.69, 9.17) is 5.48 Å². The maximum Gasteiger partial charge on any atom is 0.573 e. The lowest BCUT2D eigenvalue weighted by Crippen LogP contribution is -2.19. The van der Waals surface area contributed by atoms with Crippen LogP contribution in [0.25, 0.3) is 11.1 Å². The summed E-state index contributed by atoms with van der Waals surface area (Å²) in [5.74, 6) is -6.34. The first kappa shape index (κ1) is 17.5. The topological polar surface area (TPSA) is 9.23 Å². The fraction of sp³-hybridized carbons (Fsp3) is 0.478. The van der Waals surface area contributed by atoms with Crippen LogP contribution in [0.15, 0.2) is 30.2 Å². The van der Waals surface area contributed by atoms with E-state index >= 15 is 4.39 Å². The van der Waals surface area contributed by atoms with E-state index in [0.29, 0.717) is 18.3 Å². The van der Waals surface area contributed by atoms with Gasteiger partial charge in [0.05, 0.1) is 5.48 Å². The maximum absolute atomic E-state index is 15.1. The van der Waals surface area contributed by atoms with Crippen LogP contribution in [0, 0.1) is 29.3 Å². The van der Waals surface area contributed by atoms with Gasteiger partial charge in [0.1, 0.15) is 5.82 Å². The lowest BCUT2D eigenvalue weighted by molar-refractivity contribution is -0.276. The van der Waals surface area contributed by atoms with Gasteiger partial charge in [-0.25, -0.2) is 13.2 Å². The Morgan fingerprint density at radius 1 is 0.967 bits per heavy atom. The van der Waals surface area contributed by atoms with Crippen molar-refractivity contribution in [1.82, 2.24) is 0 Å². The van der Waals surface area contributed by atoms with Crippen molar-refractivity contribution in [3.05, 3.63) is 53.3 Å². The summed E-state index contributed by atoms with van der Waals surface area (Å²) in [7, 11) is 0. The van der Waals surface area contributed by atoms with Gasteiger partial charge in [-0.05, 0) is 53.9 Å². The Kier molecular flexibility index (Phi) is 5.43. The third-order valence-corrected chi connectivity index (χ3v) is 5.59. The molecule has 0 saturated heterocycles. The molecule has 0 N–H and O–H groups in total. The fourth-order valence-corrected chi connectivity index (χ4v) is 3.85. The van der Waals surface area contributed by atoms with Crippen molar-refractivity contribution < 1.29 is 36.6 Å². The highest BCUT2D eigenvalue weighted by atomic mass is 19.4. The van der Waals surface area contributed by atoms with Crippen molar-refractivity contribution in [1.29, 1.82) is 0 Å². The highest BCUT2D eigenvalue weighted by molar-refractivity contribution is 5.65. The second-order valence-electron chi connectivity index (χ2n) is 7.58. The molecule has 0 aliphatic heterocycles. The Balaban J connectivity index is 1.95. The van der Waals surface area contributed by atoms with Crippen molar-refractivity contribution in [2.24, 2.45) is 11.8 Å². The zero-order valence-electron chi connectivity index (χ0n) is 20.4. The predicted molar refractivity (Wildman–Crippen MR) is 102 cm³/mol. The van der Waals surface area contributed by atoms with E-state index in [1.165, 1.54) is 0 Å². The number of ether oxygens (including phenoxy) is 1. The van der Waals surface area contributed by atoms with Crippen molar-refractivity contribution in [3.63, 3.8) is 0 Å². The van der Waals surface area contributed by atoms with Crippen LogP contribution in [0.4, 0.5) is 26.3 Å². The zero-order chi connectivity index (χ0) is 25.4. The molecule has 0 spiro atoms. The van der Waals surface area contributed by atoms with Crippen LogP contribution in [0.1, 0.15) is 56.5 Å². The van der Waals surface area contributed by atoms with Crippen LogP contribution in [-0.4, -0.2) is 6.36 Å². The van der Waals surface area contributed by atoms with Crippen molar-refractivity contribution >= 4 is 0 Å². The largest absolute Gasteiger partial charge is 0.573 e. The SMILES string of the molecule is [2H]c1cc(-c2c([2H])c(F)c(OC(F)(F)F)c(F)c2[2H])c(F)c([2H])c1CCC1CCC(CC)CC1. The second kappa shape index (κ2) is 9.31. The van der Waals surface area contributed by atoms with Gasteiger partial charge in [-0.15, -0.1) is 13.2 Å². The van der Waals surface area contributed by atoms with Gasteiger partial charge in [-0.2, -0.15) is 0 Å². The Morgan fingerprint density at radius 3 is 2.13 bits per heavy atom. The van der Waals surface area contributed by atoms with E-state index in [2.05, 4.69) is 11.7 Å². The summed E-state index contributed by atoms with van der Waals surface area (Å²) in [6.45, 7) is 2.15. The minimum atomic E-state index is -5.48. The second-order valence-corrected chi connectivity index (χ2v) is 7.58. The van der Waals surface area contributed by atoms with E-state index in [1.807, 2.05) is 0 Å². The molecule has 0 amide bonds. The predicted octanol–water partition coefficient (Wildman–Crippen LogP) is 7.82. The van der Waals surface area contributed by atoms with Gasteiger partial charge < -0.3 is 4.74 Å². The van der Waals surface area contributed by atoms with Crippen LogP contribution in [0.3, 0.4) is 0 Å². The number of hydrogen-bond acceptors (Lipinski definition) is 1. The molecule has 1 fully saturated rings. The zero-order valence-corrected chi connectivity index (χ0v) is 16.4. The smallest absolute Gasteiger partial charge is 0.399 e. The molecule has 164 valence electrons. The molecule has 7 heteroatoms. The molecule has 2 aromatic carbocycles. The van der Waals surface area contributed by atoms with E-state index in [1.54, 1.807) is 0 Å². The van der Waals surface area contributed by atoms with E-state index in [0.717, 1.165) is 38.2 Å². The van der Waals surface area contributed by atoms with E-state index in [-0.39, 0.29) is 18.0 Å². The summed E-state index contributed by atoms with van der Waals surface area (Å²) in [4.78, 5) is 0. The molecule has 2 aromatic rings. The maximum atomic E-state index is 15.1. The van der Waals surface area contributed by atoms with Gasteiger partial charge in [-0.1, -0.05) is 51.1 Å². The molecule has 0 aromatic heterocycles. The Labute approximate surface area is 177 Å². The molecule has 1 aliphatic carbocycles. The molecule has 1 saturated carbocycles. The number of alkyl halides is 3. The molecule has 0 atom stereocenters. The molecule has 0 unspecified atom stereocenters. The van der Waals surface area contributed by atoms with Crippen molar-refractivity contribution in [2.75, 3.05) is 0 Å². The summed E-state index contributed by atoms with van der Waals surface area (Å²) < 4.78 is 116. The number of benzene rings is 2. The standard InChI is InChI=1S/C23H24F6O/c1-2-14-3-5-15(6-4-14)7-8-16-9-10-18(19(24)11-16)17-12-20(25)22(21(26)13-17)30-23(27,28)29/h9-15H,2-8H2,1H3/i9D,11D,12D,13D. The monoisotopic (exact) mass is 434 g/mol. The van der Waals surface area contributed by atoms with Crippen molar-refractivity contribution in [3.8, 4) is 16.9 Å². The minimum Gasteiger partial charge on any atom is -0.399 e. The van der Waals surface area contributed by atoms with Gasteiger partial charge in [0, 0.05) is 5.56 Å². The van der Waals surface area contributed by atoms with Crippen molar-refractivity contribution in [2.45, 2.75) is 58.2 Å². The summed E-state index contributed by atoms with van der Waals surface area (Å²) in [5, 5.41) is 0. The first-order valence-electron chi connectivity index (χ1n) is 11.9. The Bertz CT molecular complexity index is 1040. The van der Waals surface area contributed by atoms with Crippen LogP contribution < -0.4 is 4.74 Å².